The third-order valence-corrected chi connectivity index (χ3v) is 15.6. The van der Waals surface area contributed by atoms with Crippen LogP contribution in [0.15, 0.2) is 85.1 Å². The van der Waals surface area contributed by atoms with Gasteiger partial charge in [-0.05, 0) is 109 Å². The second kappa shape index (κ2) is 70.1. The van der Waals surface area contributed by atoms with E-state index in [4.69, 9.17) is 14.2 Å². The van der Waals surface area contributed by atoms with Gasteiger partial charge in [0.05, 0.1) is 0 Å². The van der Waals surface area contributed by atoms with Gasteiger partial charge >= 0.3 is 17.9 Å². The lowest BCUT2D eigenvalue weighted by Crippen LogP contribution is -2.30. The number of ether oxygens (including phenoxy) is 3. The van der Waals surface area contributed by atoms with Crippen LogP contribution < -0.4 is 0 Å². The molecule has 0 aliphatic carbocycles. The average Bonchev–Trinajstić information content (AvgIpc) is 3.47. The van der Waals surface area contributed by atoms with Gasteiger partial charge in [0.1, 0.15) is 13.2 Å². The fourth-order valence-electron chi connectivity index (χ4n) is 10.3. The first kappa shape index (κ1) is 78.6. The van der Waals surface area contributed by atoms with E-state index in [1.54, 1.807) is 0 Å². The molecule has 0 aliphatic rings. The van der Waals surface area contributed by atoms with Crippen LogP contribution in [0.4, 0.5) is 0 Å². The topological polar surface area (TPSA) is 78.9 Å². The molecule has 0 heterocycles. The first-order chi connectivity index (χ1) is 40.5. The summed E-state index contributed by atoms with van der Waals surface area (Å²) in [5, 5.41) is 0. The third-order valence-electron chi connectivity index (χ3n) is 15.6. The zero-order valence-corrected chi connectivity index (χ0v) is 54.5. The smallest absolute Gasteiger partial charge is 0.306 e. The normalized spacial score (nSPS) is 12.6. The molecule has 82 heavy (non-hydrogen) atoms. The minimum Gasteiger partial charge on any atom is -0.462 e. The molecule has 0 N–H and O–H groups in total. The minimum atomic E-state index is -0.788. The summed E-state index contributed by atoms with van der Waals surface area (Å²) in [6.07, 6.45) is 93.3. The van der Waals surface area contributed by atoms with Crippen LogP contribution in [0.25, 0.3) is 0 Å². The maximum atomic E-state index is 12.9. The van der Waals surface area contributed by atoms with Crippen molar-refractivity contribution in [1.82, 2.24) is 0 Å². The maximum absolute atomic E-state index is 12.9. The number of esters is 3. The second-order valence-corrected chi connectivity index (χ2v) is 23.8. The molecule has 0 saturated heterocycles. The van der Waals surface area contributed by atoms with Crippen LogP contribution >= 0.6 is 0 Å². The van der Waals surface area contributed by atoms with Gasteiger partial charge in [-0.3, -0.25) is 14.4 Å². The number of hydrogen-bond acceptors (Lipinski definition) is 6. The number of rotatable bonds is 65. The third kappa shape index (κ3) is 67.4. The number of unbranched alkanes of at least 4 members (excludes halogenated alkanes) is 40. The van der Waals surface area contributed by atoms with Crippen LogP contribution in [-0.4, -0.2) is 37.2 Å². The van der Waals surface area contributed by atoms with Gasteiger partial charge < -0.3 is 14.2 Å². The fraction of sp³-hybridized carbons (Fsp3) is 0.776. The molecule has 0 fully saturated rings. The Morgan fingerprint density at radius 2 is 0.488 bits per heavy atom. The van der Waals surface area contributed by atoms with Crippen molar-refractivity contribution in [3.8, 4) is 0 Å². The van der Waals surface area contributed by atoms with Gasteiger partial charge in [0.25, 0.3) is 0 Å². The van der Waals surface area contributed by atoms with Gasteiger partial charge in [-0.15, -0.1) is 0 Å². The van der Waals surface area contributed by atoms with Gasteiger partial charge in [-0.1, -0.05) is 318 Å². The molecule has 1 unspecified atom stereocenters. The van der Waals surface area contributed by atoms with E-state index in [2.05, 4.69) is 106 Å². The molecular formula is C76H134O6. The van der Waals surface area contributed by atoms with E-state index in [1.165, 1.54) is 212 Å². The quantitative estimate of drug-likeness (QED) is 0.0261. The summed E-state index contributed by atoms with van der Waals surface area (Å²) in [6, 6.07) is 0. The van der Waals surface area contributed by atoms with Crippen LogP contribution in [0.1, 0.15) is 361 Å². The van der Waals surface area contributed by atoms with Crippen molar-refractivity contribution >= 4 is 17.9 Å². The Bertz CT molecular complexity index is 1550. The summed E-state index contributed by atoms with van der Waals surface area (Å²) in [6.45, 7) is 6.51. The molecule has 0 aromatic rings. The molecule has 0 aromatic heterocycles. The largest absolute Gasteiger partial charge is 0.462 e. The second-order valence-electron chi connectivity index (χ2n) is 23.8. The standard InChI is InChI=1S/C76H134O6/c1-4-7-10-13-16-19-22-25-28-30-32-34-35-36-37-38-39-40-41-43-44-46-48-51-54-57-60-63-66-69-75(78)81-72-73(71-80-74(77)68-65-62-59-56-53-50-27-24-21-18-15-12-9-6-3)82-76(79)70-67-64-61-58-55-52-49-47-45-42-33-31-29-26-23-20-17-14-11-8-5-2/h8,11,15,17-18,20,24,26-27,29-30,32-33,42,73H,4-7,9-10,12-14,16,19,21-23,25,28,31,34-41,43-72H2,1-3H3/b11-8-,18-15-,20-17-,27-24-,29-26-,32-30-,42-33-. The van der Waals surface area contributed by atoms with E-state index < -0.39 is 6.10 Å². The Kier molecular flexibility index (Phi) is 67.2. The van der Waals surface area contributed by atoms with E-state index in [-0.39, 0.29) is 31.1 Å². The SMILES string of the molecule is CC/C=C\C/C=C\C/C=C\C/C=C\CCCCCCCCCCC(=O)OC(COC(=O)CCCCCCC/C=C\C/C=C\CCCC)COC(=O)CCCCCCCCCCCCCCCCCCC/C=C\CCCCCCCCCC. The number of carbonyl (C=O) groups excluding carboxylic acids is 3. The lowest BCUT2D eigenvalue weighted by molar-refractivity contribution is -0.167. The highest BCUT2D eigenvalue weighted by atomic mass is 16.6. The molecular weight excluding hydrogens is 1010 g/mol. The van der Waals surface area contributed by atoms with Crippen molar-refractivity contribution in [2.24, 2.45) is 0 Å². The zero-order chi connectivity index (χ0) is 59.2. The summed E-state index contributed by atoms with van der Waals surface area (Å²) in [5.41, 5.74) is 0. The summed E-state index contributed by atoms with van der Waals surface area (Å²) < 4.78 is 17.0. The molecule has 0 saturated carbocycles. The summed E-state index contributed by atoms with van der Waals surface area (Å²) in [5.74, 6) is -0.887. The number of allylic oxidation sites excluding steroid dienone is 14. The maximum Gasteiger partial charge on any atom is 0.306 e. The highest BCUT2D eigenvalue weighted by molar-refractivity contribution is 5.71. The lowest BCUT2D eigenvalue weighted by atomic mass is 10.0. The van der Waals surface area contributed by atoms with Crippen LogP contribution in [0, 0.1) is 0 Å². The van der Waals surface area contributed by atoms with E-state index >= 15 is 0 Å². The summed E-state index contributed by atoms with van der Waals surface area (Å²) >= 11 is 0. The first-order valence-electron chi connectivity index (χ1n) is 35.6. The zero-order valence-electron chi connectivity index (χ0n) is 54.5. The summed E-state index contributed by atoms with van der Waals surface area (Å²) in [7, 11) is 0. The fourth-order valence-corrected chi connectivity index (χ4v) is 10.3. The van der Waals surface area contributed by atoms with Gasteiger partial charge in [0.15, 0.2) is 6.10 Å². The predicted molar refractivity (Wildman–Crippen MR) is 358 cm³/mol. The lowest BCUT2D eigenvalue weighted by Gasteiger charge is -2.18. The predicted octanol–water partition coefficient (Wildman–Crippen LogP) is 24.6. The number of hydrogen-bond donors (Lipinski definition) is 0. The van der Waals surface area contributed by atoms with Crippen molar-refractivity contribution in [1.29, 1.82) is 0 Å². The van der Waals surface area contributed by atoms with Crippen molar-refractivity contribution in [3.63, 3.8) is 0 Å². The molecule has 6 heteroatoms. The Morgan fingerprint density at radius 3 is 0.793 bits per heavy atom. The molecule has 0 aliphatic heterocycles. The molecule has 6 nitrogen and oxygen atoms in total. The van der Waals surface area contributed by atoms with E-state index in [0.717, 1.165) is 109 Å². The van der Waals surface area contributed by atoms with Gasteiger partial charge in [0.2, 0.25) is 0 Å². The van der Waals surface area contributed by atoms with Gasteiger partial charge in [-0.2, -0.15) is 0 Å². The van der Waals surface area contributed by atoms with E-state index in [9.17, 15) is 14.4 Å². The Balaban J connectivity index is 4.26. The van der Waals surface area contributed by atoms with Crippen LogP contribution in [0.5, 0.6) is 0 Å². The Labute approximate surface area is 509 Å². The monoisotopic (exact) mass is 1140 g/mol. The molecule has 0 radical (unpaired) electrons. The number of carbonyl (C=O) groups is 3. The van der Waals surface area contributed by atoms with Crippen LogP contribution in [0.3, 0.4) is 0 Å². The van der Waals surface area contributed by atoms with Gasteiger partial charge in [0, 0.05) is 19.3 Å². The molecule has 1 atom stereocenters. The molecule has 0 spiro atoms. The highest BCUT2D eigenvalue weighted by Gasteiger charge is 2.19. The molecule has 0 bridgehead atoms. The highest BCUT2D eigenvalue weighted by Crippen LogP contribution is 2.18. The van der Waals surface area contributed by atoms with E-state index in [0.29, 0.717) is 19.3 Å². The van der Waals surface area contributed by atoms with Crippen molar-refractivity contribution in [3.05, 3.63) is 85.1 Å². The van der Waals surface area contributed by atoms with Crippen molar-refractivity contribution < 1.29 is 28.6 Å². The van der Waals surface area contributed by atoms with E-state index in [1.807, 2.05) is 0 Å². The van der Waals surface area contributed by atoms with Crippen LogP contribution in [0.2, 0.25) is 0 Å². The molecule has 0 amide bonds. The van der Waals surface area contributed by atoms with Crippen LogP contribution in [-0.2, 0) is 28.6 Å². The van der Waals surface area contributed by atoms with Gasteiger partial charge in [-0.25, -0.2) is 0 Å². The first-order valence-corrected chi connectivity index (χ1v) is 35.6. The molecule has 474 valence electrons. The summed E-state index contributed by atoms with van der Waals surface area (Å²) in [4.78, 5) is 38.4. The minimum absolute atomic E-state index is 0.0819. The average molecular weight is 1140 g/mol. The molecule has 0 rings (SSSR count). The van der Waals surface area contributed by atoms with Crippen molar-refractivity contribution in [2.75, 3.05) is 13.2 Å². The Morgan fingerprint density at radius 1 is 0.256 bits per heavy atom. The van der Waals surface area contributed by atoms with Crippen molar-refractivity contribution in [2.45, 2.75) is 367 Å². The molecule has 0 aromatic carbocycles. The Hall–Kier alpha value is -3.41.